The molecule has 2 fully saturated rings. The van der Waals surface area contributed by atoms with Crippen molar-refractivity contribution in [3.05, 3.63) is 60.0 Å². The van der Waals surface area contributed by atoms with Gasteiger partial charge >= 0.3 is 0 Å². The van der Waals surface area contributed by atoms with Crippen LogP contribution in [-0.4, -0.2) is 76.3 Å². The number of pyridine rings is 1. The molecule has 0 aliphatic carbocycles. The number of H-pyrrole nitrogens is 1. The monoisotopic (exact) mass is 447 g/mol. The molecule has 8 nitrogen and oxygen atoms in total. The van der Waals surface area contributed by atoms with Gasteiger partial charge in [0.25, 0.3) is 0 Å². The minimum atomic E-state index is -0.244. The van der Waals surface area contributed by atoms with Gasteiger partial charge in [-0.05, 0) is 41.8 Å². The number of nitrogens with zero attached hydrogens (tertiary/aromatic N) is 4. The standard InChI is InChI=1S/C25H29N5O3/c1-28-23-7-9-29(14-18-12-27-22-6-5-19(33-2)10-20(18)22)15-21(23)25(32)30(16-24(28)31)13-17-4-3-8-26-11-17/h3-6,8,10-12,21,23,27H,7,9,13-16H2,1-2H3/t21-,23+/m0/s1. The van der Waals surface area contributed by atoms with Gasteiger partial charge in [0.2, 0.25) is 11.8 Å². The number of methoxy groups -OCH3 is 1. The first kappa shape index (κ1) is 21.5. The van der Waals surface area contributed by atoms with E-state index in [1.165, 1.54) is 5.56 Å². The van der Waals surface area contributed by atoms with E-state index in [-0.39, 0.29) is 30.3 Å². The van der Waals surface area contributed by atoms with Crippen molar-refractivity contribution in [2.45, 2.75) is 25.6 Å². The first-order chi connectivity index (χ1) is 16.0. The first-order valence-corrected chi connectivity index (χ1v) is 11.3. The fourth-order valence-electron chi connectivity index (χ4n) is 5.13. The third kappa shape index (κ3) is 4.18. The van der Waals surface area contributed by atoms with Crippen LogP contribution in [0.4, 0.5) is 0 Å². The number of aromatic amines is 1. The zero-order chi connectivity index (χ0) is 22.9. The van der Waals surface area contributed by atoms with E-state index < -0.39 is 0 Å². The van der Waals surface area contributed by atoms with Gasteiger partial charge in [-0.1, -0.05) is 6.07 Å². The number of likely N-dealkylation sites (N-methyl/N-ethyl adjacent to an activating group) is 1. The van der Waals surface area contributed by atoms with Crippen LogP contribution in [0.2, 0.25) is 0 Å². The molecule has 0 unspecified atom stereocenters. The molecule has 2 atom stereocenters. The van der Waals surface area contributed by atoms with Gasteiger partial charge in [0, 0.05) is 68.8 Å². The quantitative estimate of drug-likeness (QED) is 0.649. The second kappa shape index (κ2) is 8.86. The summed E-state index contributed by atoms with van der Waals surface area (Å²) in [5, 5.41) is 1.13. The first-order valence-electron chi connectivity index (χ1n) is 11.3. The maximum absolute atomic E-state index is 13.6. The number of carbonyl (C=O) groups excluding carboxylic acids is 2. The Labute approximate surface area is 193 Å². The molecule has 1 N–H and O–H groups in total. The molecule has 2 saturated heterocycles. The smallest absolute Gasteiger partial charge is 0.242 e. The highest BCUT2D eigenvalue weighted by molar-refractivity contribution is 5.89. The van der Waals surface area contributed by atoms with Crippen molar-refractivity contribution in [3.63, 3.8) is 0 Å². The Hall–Kier alpha value is -3.39. The molecule has 2 aliphatic rings. The van der Waals surface area contributed by atoms with Crippen LogP contribution in [0.5, 0.6) is 5.75 Å². The molecule has 4 heterocycles. The highest BCUT2D eigenvalue weighted by Crippen LogP contribution is 2.30. The zero-order valence-electron chi connectivity index (χ0n) is 19.0. The van der Waals surface area contributed by atoms with Crippen LogP contribution in [0.15, 0.2) is 48.9 Å². The van der Waals surface area contributed by atoms with Crippen LogP contribution in [-0.2, 0) is 22.7 Å². The lowest BCUT2D eigenvalue weighted by Gasteiger charge is -2.40. The summed E-state index contributed by atoms with van der Waals surface area (Å²) < 4.78 is 5.40. The van der Waals surface area contributed by atoms with Gasteiger partial charge in [-0.2, -0.15) is 0 Å². The maximum atomic E-state index is 13.6. The summed E-state index contributed by atoms with van der Waals surface area (Å²) in [6.45, 7) is 2.72. The highest BCUT2D eigenvalue weighted by atomic mass is 16.5. The molecule has 0 radical (unpaired) electrons. The van der Waals surface area contributed by atoms with Crippen LogP contribution in [0.3, 0.4) is 0 Å². The van der Waals surface area contributed by atoms with Crippen LogP contribution >= 0.6 is 0 Å². The Kier molecular flexibility index (Phi) is 5.76. The van der Waals surface area contributed by atoms with Gasteiger partial charge in [-0.3, -0.25) is 19.5 Å². The second-order valence-corrected chi connectivity index (χ2v) is 8.98. The van der Waals surface area contributed by atoms with Crippen LogP contribution in [0, 0.1) is 5.92 Å². The van der Waals surface area contributed by atoms with E-state index in [2.05, 4.69) is 14.9 Å². The van der Waals surface area contributed by atoms with Crippen LogP contribution in [0.1, 0.15) is 17.5 Å². The van der Waals surface area contributed by atoms with E-state index in [1.54, 1.807) is 29.3 Å². The van der Waals surface area contributed by atoms with E-state index in [0.29, 0.717) is 13.1 Å². The number of hydrogen-bond acceptors (Lipinski definition) is 5. The number of hydrogen-bond donors (Lipinski definition) is 1. The van der Waals surface area contributed by atoms with Gasteiger partial charge < -0.3 is 19.5 Å². The van der Waals surface area contributed by atoms with Crippen molar-refractivity contribution in [2.24, 2.45) is 5.92 Å². The van der Waals surface area contributed by atoms with Gasteiger partial charge in [-0.25, -0.2) is 0 Å². The fraction of sp³-hybridized carbons (Fsp3) is 0.400. The van der Waals surface area contributed by atoms with Crippen LogP contribution < -0.4 is 4.74 Å². The lowest BCUT2D eigenvalue weighted by Crippen LogP contribution is -2.53. The molecule has 8 heteroatoms. The van der Waals surface area contributed by atoms with Gasteiger partial charge in [0.05, 0.1) is 13.0 Å². The number of benzene rings is 1. The summed E-state index contributed by atoms with van der Waals surface area (Å²) in [6.07, 6.45) is 6.28. The summed E-state index contributed by atoms with van der Waals surface area (Å²) in [6, 6.07) is 9.75. The third-order valence-corrected chi connectivity index (χ3v) is 6.97. The van der Waals surface area contributed by atoms with Gasteiger partial charge in [-0.15, -0.1) is 0 Å². The second-order valence-electron chi connectivity index (χ2n) is 8.98. The lowest BCUT2D eigenvalue weighted by atomic mass is 9.90. The molecule has 0 saturated carbocycles. The zero-order valence-corrected chi connectivity index (χ0v) is 19.0. The molecule has 2 aromatic heterocycles. The third-order valence-electron chi connectivity index (χ3n) is 6.97. The predicted molar refractivity (Wildman–Crippen MR) is 124 cm³/mol. The molecule has 2 amide bonds. The van der Waals surface area contributed by atoms with E-state index in [4.69, 9.17) is 4.74 Å². The predicted octanol–water partition coefficient (Wildman–Crippen LogP) is 2.26. The van der Waals surface area contributed by atoms with E-state index in [1.807, 2.05) is 43.6 Å². The maximum Gasteiger partial charge on any atom is 0.242 e. The fourth-order valence-corrected chi connectivity index (χ4v) is 5.13. The van der Waals surface area contributed by atoms with E-state index >= 15 is 0 Å². The summed E-state index contributed by atoms with van der Waals surface area (Å²) in [5.74, 6) is 0.627. The molecule has 3 aromatic rings. The molecule has 0 bridgehead atoms. The number of likely N-dealkylation sites (tertiary alicyclic amines) is 1. The molecule has 33 heavy (non-hydrogen) atoms. The average Bonchev–Trinajstić information content (AvgIpc) is 3.21. The Morgan fingerprint density at radius 1 is 1.21 bits per heavy atom. The van der Waals surface area contributed by atoms with Crippen LogP contribution in [0.25, 0.3) is 10.9 Å². The van der Waals surface area contributed by atoms with Gasteiger partial charge in [0.15, 0.2) is 0 Å². The molecular weight excluding hydrogens is 418 g/mol. The Morgan fingerprint density at radius 3 is 2.88 bits per heavy atom. The molecule has 5 rings (SSSR count). The van der Waals surface area contributed by atoms with Crippen molar-refractivity contribution in [2.75, 3.05) is 33.8 Å². The summed E-state index contributed by atoms with van der Waals surface area (Å²) in [5.41, 5.74) is 3.18. The Balaban J connectivity index is 1.36. The van der Waals surface area contributed by atoms with E-state index in [0.717, 1.165) is 41.7 Å². The number of piperidine rings is 1. The normalized spacial score (nSPS) is 21.9. The number of fused-ring (bicyclic) bond motifs is 2. The van der Waals surface area contributed by atoms with Crippen molar-refractivity contribution < 1.29 is 14.3 Å². The minimum Gasteiger partial charge on any atom is -0.497 e. The molecule has 0 spiro atoms. The van der Waals surface area contributed by atoms with Gasteiger partial charge in [0.1, 0.15) is 12.3 Å². The molecular formula is C25H29N5O3. The van der Waals surface area contributed by atoms with Crippen molar-refractivity contribution in [3.8, 4) is 5.75 Å². The van der Waals surface area contributed by atoms with E-state index in [9.17, 15) is 9.59 Å². The van der Waals surface area contributed by atoms with Crippen molar-refractivity contribution in [1.82, 2.24) is 24.7 Å². The number of amides is 2. The molecule has 172 valence electrons. The SMILES string of the molecule is COc1ccc2[nH]cc(CN3CC[C@@H]4[C@H](C3)C(=O)N(Cc3cccnc3)CC(=O)N4C)c2c1. The number of ether oxygens (including phenoxy) is 1. The topological polar surface area (TPSA) is 81.8 Å². The Morgan fingerprint density at radius 2 is 2.09 bits per heavy atom. The summed E-state index contributed by atoms with van der Waals surface area (Å²) in [7, 11) is 3.51. The molecule has 2 aliphatic heterocycles. The summed E-state index contributed by atoms with van der Waals surface area (Å²) in [4.78, 5) is 39.7. The number of nitrogens with one attached hydrogen (secondary N) is 1. The molecule has 1 aromatic carbocycles. The average molecular weight is 448 g/mol. The van der Waals surface area contributed by atoms with Crippen molar-refractivity contribution >= 4 is 22.7 Å². The number of carbonyl (C=O) groups is 2. The minimum absolute atomic E-state index is 0.00286. The summed E-state index contributed by atoms with van der Waals surface area (Å²) >= 11 is 0. The number of rotatable bonds is 5. The highest BCUT2D eigenvalue weighted by Gasteiger charge is 2.43. The number of aromatic nitrogens is 2. The largest absolute Gasteiger partial charge is 0.497 e. The lowest BCUT2D eigenvalue weighted by molar-refractivity contribution is -0.138. The Bertz CT molecular complexity index is 1160. The van der Waals surface area contributed by atoms with Crippen molar-refractivity contribution in [1.29, 1.82) is 0 Å².